The van der Waals surface area contributed by atoms with Gasteiger partial charge in [0, 0.05) is 19.3 Å². The Hall–Kier alpha value is -2.89. The van der Waals surface area contributed by atoms with E-state index in [0.717, 1.165) is 83.5 Å². The number of unbranched alkanes of at least 4 members (excludes halogenated alkanes) is 33. The predicted molar refractivity (Wildman–Crippen MR) is 298 cm³/mol. The first-order valence-corrected chi connectivity index (χ1v) is 29.8. The highest BCUT2D eigenvalue weighted by Crippen LogP contribution is 2.15. The summed E-state index contributed by atoms with van der Waals surface area (Å²) in [4.78, 5) is 38.2. The molecule has 0 bridgehead atoms. The molecule has 400 valence electrons. The molecule has 0 fully saturated rings. The highest BCUT2D eigenvalue weighted by Gasteiger charge is 2.19. The highest BCUT2D eigenvalue weighted by atomic mass is 16.6. The maximum Gasteiger partial charge on any atom is 0.306 e. The third kappa shape index (κ3) is 55.9. The Bertz CT molecular complexity index is 1250. The summed E-state index contributed by atoms with van der Waals surface area (Å²) in [5.41, 5.74) is 0. The summed E-state index contributed by atoms with van der Waals surface area (Å²) in [5.74, 6) is -0.892. The minimum atomic E-state index is -0.784. The number of hydrogen-bond acceptors (Lipinski definition) is 6. The largest absolute Gasteiger partial charge is 0.462 e. The van der Waals surface area contributed by atoms with E-state index in [9.17, 15) is 14.4 Å². The van der Waals surface area contributed by atoms with Gasteiger partial charge in [0.1, 0.15) is 13.2 Å². The van der Waals surface area contributed by atoms with E-state index in [0.29, 0.717) is 19.3 Å². The Labute approximate surface area is 428 Å². The van der Waals surface area contributed by atoms with Gasteiger partial charge < -0.3 is 14.2 Å². The molecule has 1 atom stereocenters. The lowest BCUT2D eigenvalue weighted by Crippen LogP contribution is -2.30. The summed E-state index contributed by atoms with van der Waals surface area (Å²) in [6.07, 6.45) is 72.0. The Kier molecular flexibility index (Phi) is 55.3. The fourth-order valence-corrected chi connectivity index (χ4v) is 8.44. The number of hydrogen-bond donors (Lipinski definition) is 0. The Morgan fingerprint density at radius 3 is 0.841 bits per heavy atom. The normalized spacial score (nSPS) is 12.4. The van der Waals surface area contributed by atoms with Crippen LogP contribution in [0.5, 0.6) is 0 Å². The molecule has 0 aliphatic rings. The molecular weight excluding hydrogens is 853 g/mol. The maximum absolute atomic E-state index is 12.9. The summed E-state index contributed by atoms with van der Waals surface area (Å²) >= 11 is 0. The van der Waals surface area contributed by atoms with Crippen LogP contribution in [0.2, 0.25) is 0 Å². The zero-order chi connectivity index (χ0) is 50.0. The van der Waals surface area contributed by atoms with E-state index in [4.69, 9.17) is 14.2 Å². The second kappa shape index (κ2) is 57.7. The third-order valence-corrected chi connectivity index (χ3v) is 13.0. The lowest BCUT2D eigenvalue weighted by molar-refractivity contribution is -0.167. The summed E-state index contributed by atoms with van der Waals surface area (Å²) in [7, 11) is 0. The van der Waals surface area contributed by atoms with Crippen molar-refractivity contribution in [2.75, 3.05) is 13.2 Å². The fourth-order valence-electron chi connectivity index (χ4n) is 8.44. The number of allylic oxidation sites excluding steroid dienone is 10. The van der Waals surface area contributed by atoms with E-state index in [-0.39, 0.29) is 31.1 Å². The predicted octanol–water partition coefficient (Wildman–Crippen LogP) is 20.0. The molecule has 0 heterocycles. The lowest BCUT2D eigenvalue weighted by Gasteiger charge is -2.18. The standard InChI is InChI=1S/C63H112O6/c1-4-7-10-13-16-19-22-25-28-30-31-33-35-38-41-44-47-50-53-56-62(65)68-59-60(58-67-61(64)55-52-49-46-43-40-37-34-27-24-21-18-15-12-9-6-3)69-63(66)57-54-51-48-45-42-39-36-32-29-26-23-20-17-14-11-8-5-2/h16,18-19,21,25-29,34,60H,4-15,17,20,22-24,30-33,35-59H2,1-3H3/b19-16-,21-18-,28-25-,29-26-,34-27-/t60-/m1/s1. The Morgan fingerprint density at radius 1 is 0.290 bits per heavy atom. The van der Waals surface area contributed by atoms with Gasteiger partial charge in [-0.05, 0) is 109 Å². The van der Waals surface area contributed by atoms with Gasteiger partial charge in [-0.2, -0.15) is 0 Å². The molecule has 0 aliphatic carbocycles. The maximum atomic E-state index is 12.9. The van der Waals surface area contributed by atoms with Gasteiger partial charge >= 0.3 is 17.9 Å². The van der Waals surface area contributed by atoms with Crippen LogP contribution < -0.4 is 0 Å². The van der Waals surface area contributed by atoms with Crippen molar-refractivity contribution in [3.8, 4) is 0 Å². The third-order valence-electron chi connectivity index (χ3n) is 13.0. The van der Waals surface area contributed by atoms with E-state index in [1.54, 1.807) is 0 Å². The van der Waals surface area contributed by atoms with Crippen molar-refractivity contribution in [1.29, 1.82) is 0 Å². The van der Waals surface area contributed by atoms with E-state index in [2.05, 4.69) is 81.5 Å². The van der Waals surface area contributed by atoms with Gasteiger partial charge in [-0.1, -0.05) is 236 Å². The lowest BCUT2D eigenvalue weighted by atomic mass is 10.1. The number of rotatable bonds is 54. The number of ether oxygens (including phenoxy) is 3. The van der Waals surface area contributed by atoms with Crippen molar-refractivity contribution in [2.45, 2.75) is 309 Å². The molecule has 0 spiro atoms. The van der Waals surface area contributed by atoms with Crippen LogP contribution in [0.4, 0.5) is 0 Å². The van der Waals surface area contributed by atoms with Gasteiger partial charge in [-0.25, -0.2) is 0 Å². The summed E-state index contributed by atoms with van der Waals surface area (Å²) in [5, 5.41) is 0. The fraction of sp³-hybridized carbons (Fsp3) is 0.794. The van der Waals surface area contributed by atoms with E-state index in [1.807, 2.05) is 0 Å². The first kappa shape index (κ1) is 66.1. The van der Waals surface area contributed by atoms with Crippen molar-refractivity contribution in [2.24, 2.45) is 0 Å². The number of esters is 3. The van der Waals surface area contributed by atoms with Crippen LogP contribution in [0, 0.1) is 0 Å². The van der Waals surface area contributed by atoms with Crippen molar-refractivity contribution in [3.63, 3.8) is 0 Å². The minimum absolute atomic E-state index is 0.0816. The molecule has 6 nitrogen and oxygen atoms in total. The Balaban J connectivity index is 4.39. The van der Waals surface area contributed by atoms with Crippen molar-refractivity contribution < 1.29 is 28.6 Å². The first-order chi connectivity index (χ1) is 34.0. The quantitative estimate of drug-likeness (QED) is 0.0262. The van der Waals surface area contributed by atoms with Crippen molar-refractivity contribution in [1.82, 2.24) is 0 Å². The first-order valence-electron chi connectivity index (χ1n) is 29.8. The second-order valence-electron chi connectivity index (χ2n) is 19.9. The SMILES string of the molecule is CCCCC/C=C\C/C=C\CCCCCCCCCCCC(=O)OC[C@@H](COC(=O)CCCCCCC/C=C\C/C=C\CCCCC)OC(=O)CCCCCCCCC/C=C\CCCCCCCC. The van der Waals surface area contributed by atoms with Gasteiger partial charge in [0.15, 0.2) is 6.10 Å². The smallest absolute Gasteiger partial charge is 0.306 e. The molecule has 6 heteroatoms. The van der Waals surface area contributed by atoms with E-state index >= 15 is 0 Å². The average Bonchev–Trinajstić information content (AvgIpc) is 3.35. The topological polar surface area (TPSA) is 78.9 Å². The van der Waals surface area contributed by atoms with Crippen LogP contribution in [-0.2, 0) is 28.6 Å². The van der Waals surface area contributed by atoms with Gasteiger partial charge in [0.05, 0.1) is 0 Å². The summed E-state index contributed by atoms with van der Waals surface area (Å²) < 4.78 is 16.9. The molecule has 0 unspecified atom stereocenters. The molecule has 0 saturated carbocycles. The molecule has 0 aromatic rings. The monoisotopic (exact) mass is 965 g/mol. The molecular formula is C63H112O6. The van der Waals surface area contributed by atoms with Crippen LogP contribution in [0.15, 0.2) is 60.8 Å². The number of carbonyl (C=O) groups excluding carboxylic acids is 3. The van der Waals surface area contributed by atoms with Crippen molar-refractivity contribution >= 4 is 17.9 Å². The van der Waals surface area contributed by atoms with Crippen LogP contribution in [0.25, 0.3) is 0 Å². The molecule has 0 rings (SSSR count). The molecule has 0 amide bonds. The van der Waals surface area contributed by atoms with Gasteiger partial charge in [0.25, 0.3) is 0 Å². The molecule has 0 saturated heterocycles. The van der Waals surface area contributed by atoms with Gasteiger partial charge in [0.2, 0.25) is 0 Å². The molecule has 0 aliphatic heterocycles. The van der Waals surface area contributed by atoms with E-state index < -0.39 is 6.10 Å². The van der Waals surface area contributed by atoms with Gasteiger partial charge in [-0.3, -0.25) is 14.4 Å². The van der Waals surface area contributed by atoms with E-state index in [1.165, 1.54) is 180 Å². The Morgan fingerprint density at radius 2 is 0.522 bits per heavy atom. The zero-order valence-corrected chi connectivity index (χ0v) is 45.8. The van der Waals surface area contributed by atoms with Crippen molar-refractivity contribution in [3.05, 3.63) is 60.8 Å². The molecule has 0 aromatic carbocycles. The zero-order valence-electron chi connectivity index (χ0n) is 45.8. The average molecular weight is 966 g/mol. The molecule has 0 radical (unpaired) electrons. The van der Waals surface area contributed by atoms with Gasteiger partial charge in [-0.15, -0.1) is 0 Å². The highest BCUT2D eigenvalue weighted by molar-refractivity contribution is 5.71. The molecule has 69 heavy (non-hydrogen) atoms. The number of carbonyl (C=O) groups is 3. The molecule has 0 N–H and O–H groups in total. The minimum Gasteiger partial charge on any atom is -0.462 e. The summed E-state index contributed by atoms with van der Waals surface area (Å²) in [6.45, 7) is 6.60. The van der Waals surface area contributed by atoms with Crippen LogP contribution in [0.1, 0.15) is 303 Å². The summed E-state index contributed by atoms with van der Waals surface area (Å²) in [6, 6.07) is 0. The van der Waals surface area contributed by atoms with Crippen LogP contribution in [-0.4, -0.2) is 37.2 Å². The molecule has 0 aromatic heterocycles. The van der Waals surface area contributed by atoms with Crippen LogP contribution in [0.3, 0.4) is 0 Å². The second-order valence-corrected chi connectivity index (χ2v) is 19.9. The van der Waals surface area contributed by atoms with Crippen LogP contribution >= 0.6 is 0 Å².